The van der Waals surface area contributed by atoms with Gasteiger partial charge in [0.25, 0.3) is 0 Å². The summed E-state index contributed by atoms with van der Waals surface area (Å²) in [5.41, 5.74) is 1.75. The number of aromatic nitrogens is 3. The number of carboxylic acids is 1. The molecule has 0 bridgehead atoms. The van der Waals surface area contributed by atoms with Gasteiger partial charge in [0.05, 0.1) is 28.5 Å². The average molecular weight is 331 g/mol. The SMILES string of the molecule is Cc1c(CC(=O)O)nnn1-c1cc(Br)ccc1Cl. The summed E-state index contributed by atoms with van der Waals surface area (Å²) in [5.74, 6) is -0.939. The van der Waals surface area contributed by atoms with Crippen LogP contribution in [0.5, 0.6) is 0 Å². The summed E-state index contributed by atoms with van der Waals surface area (Å²) < 4.78 is 2.39. The smallest absolute Gasteiger partial charge is 0.309 e. The Kier molecular flexibility index (Phi) is 3.68. The second kappa shape index (κ2) is 5.07. The molecular formula is C11H9BrClN3O2. The van der Waals surface area contributed by atoms with E-state index in [0.29, 0.717) is 22.1 Å². The molecule has 0 spiro atoms. The van der Waals surface area contributed by atoms with Gasteiger partial charge in [0.2, 0.25) is 0 Å². The van der Waals surface area contributed by atoms with Gasteiger partial charge in [-0.25, -0.2) is 4.68 Å². The Bertz CT molecular complexity index is 612. The molecule has 1 aromatic heterocycles. The largest absolute Gasteiger partial charge is 0.481 e. The summed E-state index contributed by atoms with van der Waals surface area (Å²) >= 11 is 9.44. The van der Waals surface area contributed by atoms with Crippen LogP contribution in [0, 0.1) is 6.92 Å². The third-order valence-corrected chi connectivity index (χ3v) is 3.26. The average Bonchev–Trinajstić information content (AvgIpc) is 2.64. The standard InChI is InChI=1S/C11H9BrClN3O2/c1-6-9(5-11(17)18)14-15-16(6)10-4-7(12)2-3-8(10)13/h2-4H,5H2,1H3,(H,17,18). The van der Waals surface area contributed by atoms with Crippen LogP contribution in [-0.4, -0.2) is 26.1 Å². The van der Waals surface area contributed by atoms with Crippen molar-refractivity contribution >= 4 is 33.5 Å². The first-order valence-electron chi connectivity index (χ1n) is 5.07. The van der Waals surface area contributed by atoms with Gasteiger partial charge in [-0.05, 0) is 25.1 Å². The van der Waals surface area contributed by atoms with Crippen LogP contribution in [0.25, 0.3) is 5.69 Å². The van der Waals surface area contributed by atoms with E-state index in [1.165, 1.54) is 4.68 Å². The molecule has 0 aliphatic heterocycles. The zero-order valence-electron chi connectivity index (χ0n) is 9.39. The monoisotopic (exact) mass is 329 g/mol. The Hall–Kier alpha value is -1.40. The van der Waals surface area contributed by atoms with Crippen molar-refractivity contribution < 1.29 is 9.90 Å². The maximum atomic E-state index is 10.7. The Morgan fingerprint density at radius 2 is 2.28 bits per heavy atom. The van der Waals surface area contributed by atoms with Gasteiger partial charge in [0.15, 0.2) is 0 Å². The third-order valence-electron chi connectivity index (χ3n) is 2.45. The third kappa shape index (κ3) is 2.54. The molecule has 94 valence electrons. The molecular weight excluding hydrogens is 321 g/mol. The molecule has 2 aromatic rings. The Balaban J connectivity index is 2.48. The minimum absolute atomic E-state index is 0.155. The zero-order valence-corrected chi connectivity index (χ0v) is 11.7. The summed E-state index contributed by atoms with van der Waals surface area (Å²) in [6.45, 7) is 1.76. The molecule has 0 fully saturated rings. The summed E-state index contributed by atoms with van der Waals surface area (Å²) in [6.07, 6.45) is -0.155. The lowest BCUT2D eigenvalue weighted by Gasteiger charge is -2.06. The van der Waals surface area contributed by atoms with Crippen molar-refractivity contribution in [1.29, 1.82) is 0 Å². The number of benzene rings is 1. The molecule has 0 saturated carbocycles. The zero-order chi connectivity index (χ0) is 13.3. The van der Waals surface area contributed by atoms with Crippen molar-refractivity contribution in [3.63, 3.8) is 0 Å². The van der Waals surface area contributed by atoms with E-state index in [0.717, 1.165) is 4.47 Å². The molecule has 0 unspecified atom stereocenters. The van der Waals surface area contributed by atoms with Crippen LogP contribution in [0.2, 0.25) is 5.02 Å². The normalized spacial score (nSPS) is 10.6. The van der Waals surface area contributed by atoms with E-state index in [2.05, 4.69) is 26.2 Å². The van der Waals surface area contributed by atoms with E-state index >= 15 is 0 Å². The predicted octanol–water partition coefficient (Wildman–Crippen LogP) is 2.62. The van der Waals surface area contributed by atoms with E-state index < -0.39 is 5.97 Å². The molecule has 0 aliphatic rings. The summed E-state index contributed by atoms with van der Waals surface area (Å²) in [5, 5.41) is 17.1. The van der Waals surface area contributed by atoms with Crippen LogP contribution >= 0.6 is 27.5 Å². The number of rotatable bonds is 3. The van der Waals surface area contributed by atoms with Crippen LogP contribution in [0.1, 0.15) is 11.4 Å². The molecule has 0 saturated heterocycles. The fourth-order valence-electron chi connectivity index (χ4n) is 1.54. The van der Waals surface area contributed by atoms with Gasteiger partial charge in [-0.3, -0.25) is 4.79 Å². The number of nitrogens with zero attached hydrogens (tertiary/aromatic N) is 3. The van der Waals surface area contributed by atoms with E-state index in [-0.39, 0.29) is 6.42 Å². The number of halogens is 2. The minimum Gasteiger partial charge on any atom is -0.481 e. The van der Waals surface area contributed by atoms with Crippen LogP contribution in [0.15, 0.2) is 22.7 Å². The number of carboxylic acid groups (broad SMARTS) is 1. The molecule has 0 amide bonds. The van der Waals surface area contributed by atoms with E-state index in [9.17, 15) is 4.79 Å². The summed E-state index contributed by atoms with van der Waals surface area (Å²) in [7, 11) is 0. The van der Waals surface area contributed by atoms with Crippen LogP contribution in [0.3, 0.4) is 0 Å². The highest BCUT2D eigenvalue weighted by Gasteiger charge is 2.14. The second-order valence-electron chi connectivity index (χ2n) is 3.70. The summed E-state index contributed by atoms with van der Waals surface area (Å²) in [6, 6.07) is 5.35. The van der Waals surface area contributed by atoms with Gasteiger partial charge in [-0.2, -0.15) is 0 Å². The van der Waals surface area contributed by atoms with Crippen LogP contribution < -0.4 is 0 Å². The van der Waals surface area contributed by atoms with Gasteiger partial charge in [-0.15, -0.1) is 5.10 Å². The summed E-state index contributed by atoms with van der Waals surface area (Å²) in [4.78, 5) is 10.7. The molecule has 18 heavy (non-hydrogen) atoms. The lowest BCUT2D eigenvalue weighted by atomic mass is 10.2. The van der Waals surface area contributed by atoms with Crippen molar-refractivity contribution in [2.45, 2.75) is 13.3 Å². The van der Waals surface area contributed by atoms with E-state index in [1.807, 2.05) is 6.07 Å². The highest BCUT2D eigenvalue weighted by Crippen LogP contribution is 2.25. The van der Waals surface area contributed by atoms with Gasteiger partial charge >= 0.3 is 5.97 Å². The maximum absolute atomic E-state index is 10.7. The molecule has 7 heteroatoms. The number of carbonyl (C=O) groups is 1. The van der Waals surface area contributed by atoms with Crippen molar-refractivity contribution in [3.05, 3.63) is 39.1 Å². The first kappa shape index (κ1) is 13.0. The quantitative estimate of drug-likeness (QED) is 0.939. The molecule has 0 atom stereocenters. The van der Waals surface area contributed by atoms with Crippen molar-refractivity contribution in [2.75, 3.05) is 0 Å². The first-order valence-corrected chi connectivity index (χ1v) is 6.24. The highest BCUT2D eigenvalue weighted by molar-refractivity contribution is 9.10. The predicted molar refractivity (Wildman–Crippen MR) is 70.1 cm³/mol. The Morgan fingerprint density at radius 1 is 1.56 bits per heavy atom. The highest BCUT2D eigenvalue weighted by atomic mass is 79.9. The molecule has 0 aliphatic carbocycles. The van der Waals surface area contributed by atoms with Gasteiger partial charge in [-0.1, -0.05) is 32.7 Å². The van der Waals surface area contributed by atoms with Crippen molar-refractivity contribution in [1.82, 2.24) is 15.0 Å². The van der Waals surface area contributed by atoms with Gasteiger partial charge < -0.3 is 5.11 Å². The topological polar surface area (TPSA) is 68.0 Å². The number of hydrogen-bond acceptors (Lipinski definition) is 3. The lowest BCUT2D eigenvalue weighted by molar-refractivity contribution is -0.136. The van der Waals surface area contributed by atoms with Crippen LogP contribution in [-0.2, 0) is 11.2 Å². The first-order chi connectivity index (χ1) is 8.49. The molecule has 1 aromatic carbocycles. The lowest BCUT2D eigenvalue weighted by Crippen LogP contribution is -2.04. The Morgan fingerprint density at radius 3 is 2.94 bits per heavy atom. The number of aliphatic carboxylic acids is 1. The molecule has 1 N–H and O–H groups in total. The minimum atomic E-state index is -0.939. The number of hydrogen-bond donors (Lipinski definition) is 1. The second-order valence-corrected chi connectivity index (χ2v) is 5.02. The molecule has 5 nitrogen and oxygen atoms in total. The fraction of sp³-hybridized carbons (Fsp3) is 0.182. The molecule has 1 heterocycles. The van der Waals surface area contributed by atoms with Crippen LogP contribution in [0.4, 0.5) is 0 Å². The Labute approximate surface area is 117 Å². The van der Waals surface area contributed by atoms with Gasteiger partial charge in [0.1, 0.15) is 0 Å². The molecule has 0 radical (unpaired) electrons. The van der Waals surface area contributed by atoms with Gasteiger partial charge in [0, 0.05) is 4.47 Å². The molecule has 2 rings (SSSR count). The van der Waals surface area contributed by atoms with E-state index in [4.69, 9.17) is 16.7 Å². The van der Waals surface area contributed by atoms with Crippen molar-refractivity contribution in [3.8, 4) is 5.69 Å². The maximum Gasteiger partial charge on any atom is 0.309 e. The van der Waals surface area contributed by atoms with Crippen molar-refractivity contribution in [2.24, 2.45) is 0 Å². The van der Waals surface area contributed by atoms with E-state index in [1.54, 1.807) is 19.1 Å². The fourth-order valence-corrected chi connectivity index (χ4v) is 2.09.